The highest BCUT2D eigenvalue weighted by Crippen LogP contribution is 2.39. The number of pyridine rings is 1. The molecule has 0 aliphatic rings. The van der Waals surface area contributed by atoms with Gasteiger partial charge in [-0.05, 0) is 71.3 Å². The second-order valence-corrected chi connectivity index (χ2v) is 9.98. The molecule has 0 radical (unpaired) electrons. The van der Waals surface area contributed by atoms with Gasteiger partial charge in [0.15, 0.2) is 11.5 Å². The highest BCUT2D eigenvalue weighted by atomic mass is 19.4. The molecule has 0 unspecified atom stereocenters. The Morgan fingerprint density at radius 3 is 2.36 bits per heavy atom. The molecule has 2 heterocycles. The van der Waals surface area contributed by atoms with Crippen molar-refractivity contribution in [1.82, 2.24) is 14.9 Å². The van der Waals surface area contributed by atoms with Gasteiger partial charge < -0.3 is 19.4 Å². The van der Waals surface area contributed by atoms with Gasteiger partial charge in [-0.2, -0.15) is 13.2 Å². The minimum atomic E-state index is -4.43. The van der Waals surface area contributed by atoms with E-state index in [9.17, 15) is 18.0 Å². The first-order valence-electron chi connectivity index (χ1n) is 13.4. The first-order valence-corrected chi connectivity index (χ1v) is 13.4. The quantitative estimate of drug-likeness (QED) is 0.201. The molecule has 0 bridgehead atoms. The SMILES string of the molecule is COc1ccc(-c2[nH]c3ccc(-c4cccc(C(=O)N(C)CCc5ccccn5)c4)cc3c2CC(F)(F)F)cc1OC. The maximum atomic E-state index is 13.8. The number of rotatable bonds is 9. The third kappa shape index (κ3) is 6.25. The summed E-state index contributed by atoms with van der Waals surface area (Å²) in [6.45, 7) is 0.495. The Labute approximate surface area is 241 Å². The largest absolute Gasteiger partial charge is 0.493 e. The number of aromatic amines is 1. The third-order valence-corrected chi connectivity index (χ3v) is 7.17. The number of methoxy groups -OCH3 is 2. The predicted octanol–water partition coefficient (Wildman–Crippen LogP) is 7.33. The molecule has 0 spiro atoms. The molecule has 6 nitrogen and oxygen atoms in total. The number of carbonyl (C=O) groups is 1. The van der Waals surface area contributed by atoms with Gasteiger partial charge in [-0.3, -0.25) is 9.78 Å². The average Bonchev–Trinajstić information content (AvgIpc) is 3.35. The Balaban J connectivity index is 1.49. The van der Waals surface area contributed by atoms with E-state index in [-0.39, 0.29) is 11.5 Å². The van der Waals surface area contributed by atoms with Crippen LogP contribution in [0, 0.1) is 0 Å². The van der Waals surface area contributed by atoms with Gasteiger partial charge in [-0.15, -0.1) is 0 Å². The Hall–Kier alpha value is -4.79. The zero-order valence-electron chi connectivity index (χ0n) is 23.5. The van der Waals surface area contributed by atoms with E-state index in [1.807, 2.05) is 30.3 Å². The topological polar surface area (TPSA) is 67.5 Å². The van der Waals surface area contributed by atoms with Crippen LogP contribution in [0.3, 0.4) is 0 Å². The molecule has 0 aliphatic heterocycles. The van der Waals surface area contributed by atoms with E-state index in [1.165, 1.54) is 14.2 Å². The molecule has 5 rings (SSSR count). The molecule has 2 aromatic heterocycles. The van der Waals surface area contributed by atoms with Crippen molar-refractivity contribution in [3.05, 3.63) is 102 Å². The molecule has 0 saturated carbocycles. The zero-order valence-corrected chi connectivity index (χ0v) is 23.5. The number of hydrogen-bond acceptors (Lipinski definition) is 4. The number of halogens is 3. The molecule has 42 heavy (non-hydrogen) atoms. The summed E-state index contributed by atoms with van der Waals surface area (Å²) in [5.74, 6) is 0.747. The van der Waals surface area contributed by atoms with Crippen molar-refractivity contribution in [2.75, 3.05) is 27.8 Å². The number of benzene rings is 3. The smallest absolute Gasteiger partial charge is 0.393 e. The molecular formula is C33H30F3N3O3. The van der Waals surface area contributed by atoms with Crippen LogP contribution in [0.5, 0.6) is 11.5 Å². The monoisotopic (exact) mass is 573 g/mol. The summed E-state index contributed by atoms with van der Waals surface area (Å²) in [7, 11) is 4.72. The number of fused-ring (bicyclic) bond motifs is 1. The van der Waals surface area contributed by atoms with Crippen molar-refractivity contribution in [1.29, 1.82) is 0 Å². The lowest BCUT2D eigenvalue weighted by molar-refractivity contribution is -0.126. The summed E-state index contributed by atoms with van der Waals surface area (Å²) in [5, 5.41) is 0.457. The number of nitrogens with zero attached hydrogens (tertiary/aromatic N) is 2. The molecule has 5 aromatic rings. The van der Waals surface area contributed by atoms with Gasteiger partial charge in [-0.1, -0.05) is 24.3 Å². The van der Waals surface area contributed by atoms with Gasteiger partial charge in [0.05, 0.1) is 26.3 Å². The number of aromatic nitrogens is 2. The minimum Gasteiger partial charge on any atom is -0.493 e. The fraction of sp³-hybridized carbons (Fsp3) is 0.212. The molecular weight excluding hydrogens is 543 g/mol. The Morgan fingerprint density at radius 2 is 1.64 bits per heavy atom. The van der Waals surface area contributed by atoms with Crippen LogP contribution in [0.2, 0.25) is 0 Å². The van der Waals surface area contributed by atoms with E-state index in [1.54, 1.807) is 66.7 Å². The lowest BCUT2D eigenvalue weighted by Gasteiger charge is -2.17. The Kier molecular flexibility index (Phi) is 8.20. The number of likely N-dealkylation sites (N-methyl/N-ethyl adjacent to an activating group) is 1. The fourth-order valence-corrected chi connectivity index (χ4v) is 5.03. The van der Waals surface area contributed by atoms with Crippen LogP contribution in [0.25, 0.3) is 33.3 Å². The van der Waals surface area contributed by atoms with Crippen LogP contribution in [0.15, 0.2) is 85.1 Å². The number of H-pyrrole nitrogens is 1. The van der Waals surface area contributed by atoms with Gasteiger partial charge in [0.1, 0.15) is 0 Å². The average molecular weight is 574 g/mol. The van der Waals surface area contributed by atoms with Gasteiger partial charge in [0.25, 0.3) is 5.91 Å². The summed E-state index contributed by atoms with van der Waals surface area (Å²) in [6, 6.07) is 23.2. The summed E-state index contributed by atoms with van der Waals surface area (Å²) in [5.41, 5.74) is 4.43. The molecule has 1 amide bonds. The predicted molar refractivity (Wildman–Crippen MR) is 157 cm³/mol. The van der Waals surface area contributed by atoms with Crippen molar-refractivity contribution < 1.29 is 27.4 Å². The van der Waals surface area contributed by atoms with Crippen LogP contribution < -0.4 is 9.47 Å². The van der Waals surface area contributed by atoms with E-state index < -0.39 is 12.6 Å². The van der Waals surface area contributed by atoms with E-state index in [2.05, 4.69) is 9.97 Å². The lowest BCUT2D eigenvalue weighted by atomic mass is 9.97. The second kappa shape index (κ2) is 12.0. The first kappa shape index (κ1) is 28.7. The minimum absolute atomic E-state index is 0.132. The highest BCUT2D eigenvalue weighted by Gasteiger charge is 2.31. The van der Waals surface area contributed by atoms with Crippen LogP contribution in [-0.2, 0) is 12.8 Å². The van der Waals surface area contributed by atoms with Gasteiger partial charge >= 0.3 is 6.18 Å². The van der Waals surface area contributed by atoms with Crippen LogP contribution in [0.4, 0.5) is 13.2 Å². The van der Waals surface area contributed by atoms with Crippen molar-refractivity contribution in [3.63, 3.8) is 0 Å². The number of alkyl halides is 3. The van der Waals surface area contributed by atoms with Crippen molar-refractivity contribution in [2.45, 2.75) is 19.0 Å². The van der Waals surface area contributed by atoms with E-state index in [0.29, 0.717) is 57.8 Å². The first-order chi connectivity index (χ1) is 20.2. The lowest BCUT2D eigenvalue weighted by Crippen LogP contribution is -2.29. The fourth-order valence-electron chi connectivity index (χ4n) is 5.03. The van der Waals surface area contributed by atoms with E-state index in [0.717, 1.165) is 11.3 Å². The number of amides is 1. The molecule has 216 valence electrons. The second-order valence-electron chi connectivity index (χ2n) is 9.98. The standard InChI is InChI=1S/C33H30F3N3O3/c1-39(16-14-25-9-4-5-15-37-25)32(40)24-8-6-7-21(17-24)22-10-12-28-26(18-22)27(20-33(34,35)36)31(38-28)23-11-13-29(41-2)30(19-23)42-3/h4-13,15,17-19,38H,14,16,20H2,1-3H3. The Morgan fingerprint density at radius 1 is 0.881 bits per heavy atom. The van der Waals surface area contributed by atoms with Crippen LogP contribution in [0.1, 0.15) is 21.6 Å². The summed E-state index contributed by atoms with van der Waals surface area (Å²) >= 11 is 0. The van der Waals surface area contributed by atoms with Crippen LogP contribution >= 0.6 is 0 Å². The summed E-state index contributed by atoms with van der Waals surface area (Å²) in [4.78, 5) is 22.3. The molecule has 9 heteroatoms. The maximum Gasteiger partial charge on any atom is 0.393 e. The molecule has 0 atom stereocenters. The van der Waals surface area contributed by atoms with Gasteiger partial charge in [0, 0.05) is 53.9 Å². The van der Waals surface area contributed by atoms with E-state index in [4.69, 9.17) is 9.47 Å². The highest BCUT2D eigenvalue weighted by molar-refractivity contribution is 5.97. The number of carbonyl (C=O) groups excluding carboxylic acids is 1. The Bertz CT molecular complexity index is 1710. The van der Waals surface area contributed by atoms with Crippen molar-refractivity contribution in [2.24, 2.45) is 0 Å². The van der Waals surface area contributed by atoms with Gasteiger partial charge in [-0.25, -0.2) is 0 Å². The zero-order chi connectivity index (χ0) is 29.9. The third-order valence-electron chi connectivity index (χ3n) is 7.17. The molecule has 0 aliphatic carbocycles. The number of hydrogen-bond donors (Lipinski definition) is 1. The maximum absolute atomic E-state index is 13.8. The van der Waals surface area contributed by atoms with Gasteiger partial charge in [0.2, 0.25) is 0 Å². The number of ether oxygens (including phenoxy) is 2. The molecule has 0 saturated heterocycles. The molecule has 1 N–H and O–H groups in total. The normalized spacial score (nSPS) is 11.5. The van der Waals surface area contributed by atoms with Crippen molar-refractivity contribution >= 4 is 16.8 Å². The van der Waals surface area contributed by atoms with Crippen LogP contribution in [-0.4, -0.2) is 54.8 Å². The summed E-state index contributed by atoms with van der Waals surface area (Å²) in [6.07, 6.45) is -3.20. The van der Waals surface area contributed by atoms with E-state index >= 15 is 0 Å². The van der Waals surface area contributed by atoms with Crippen molar-refractivity contribution in [3.8, 4) is 33.9 Å². The molecule has 3 aromatic carbocycles. The number of nitrogens with one attached hydrogen (secondary N) is 1. The summed E-state index contributed by atoms with van der Waals surface area (Å²) < 4.78 is 52.1. The molecule has 0 fully saturated rings.